The van der Waals surface area contributed by atoms with Gasteiger partial charge in [-0.05, 0) is 22.7 Å². The van der Waals surface area contributed by atoms with E-state index < -0.39 is 31.1 Å². The zero-order valence-corrected chi connectivity index (χ0v) is 19.4. The van der Waals surface area contributed by atoms with Crippen LogP contribution in [0.2, 0.25) is 5.28 Å². The molecule has 0 bridgehead atoms. The van der Waals surface area contributed by atoms with Gasteiger partial charge in [-0.1, -0.05) is 60.7 Å². The van der Waals surface area contributed by atoms with Crippen molar-refractivity contribution in [3.05, 3.63) is 83.4 Å². The van der Waals surface area contributed by atoms with Gasteiger partial charge in [0.05, 0.1) is 18.3 Å². The van der Waals surface area contributed by atoms with E-state index in [1.54, 1.807) is 0 Å². The Morgan fingerprint density at radius 2 is 1.57 bits per heavy atom. The molecule has 0 unspecified atom stereocenters. The lowest BCUT2D eigenvalue weighted by Gasteiger charge is -2.51. The van der Waals surface area contributed by atoms with Gasteiger partial charge < -0.3 is 25.0 Å². The summed E-state index contributed by atoms with van der Waals surface area (Å²) in [6, 6.07) is 20.8. The van der Waals surface area contributed by atoms with Crippen molar-refractivity contribution in [3.63, 3.8) is 0 Å². The van der Waals surface area contributed by atoms with Gasteiger partial charge in [-0.15, -0.1) is 0 Å². The Morgan fingerprint density at radius 1 is 0.943 bits per heavy atom. The van der Waals surface area contributed by atoms with Crippen molar-refractivity contribution < 1.29 is 20.1 Å². The van der Waals surface area contributed by atoms with Crippen molar-refractivity contribution >= 4 is 28.6 Å². The normalized spacial score (nSPS) is 25.7. The predicted molar refractivity (Wildman–Crippen MR) is 129 cm³/mol. The van der Waals surface area contributed by atoms with E-state index in [0.29, 0.717) is 30.1 Å². The van der Waals surface area contributed by atoms with Crippen molar-refractivity contribution in [2.75, 3.05) is 24.6 Å². The number of fused-ring (bicyclic) bond motifs is 1. The van der Waals surface area contributed by atoms with Crippen LogP contribution in [0.4, 0.5) is 5.82 Å². The first-order chi connectivity index (χ1) is 17.0. The maximum atomic E-state index is 10.5. The fraction of sp³-hybridized carbons (Fsp3) is 0.320. The summed E-state index contributed by atoms with van der Waals surface area (Å²) in [5.41, 5.74) is 3.12. The van der Waals surface area contributed by atoms with Crippen LogP contribution in [0.5, 0.6) is 0 Å². The molecule has 4 aromatic rings. The Bertz CT molecular complexity index is 1300. The molecule has 0 amide bonds. The second-order valence-electron chi connectivity index (χ2n) is 9.04. The maximum Gasteiger partial charge on any atom is 0.226 e. The van der Waals surface area contributed by atoms with Gasteiger partial charge in [0.1, 0.15) is 18.3 Å². The van der Waals surface area contributed by atoms with Crippen LogP contribution in [-0.2, 0) is 10.2 Å². The van der Waals surface area contributed by atoms with Crippen LogP contribution in [0.15, 0.2) is 67.0 Å². The Morgan fingerprint density at radius 3 is 2.14 bits per heavy atom. The van der Waals surface area contributed by atoms with E-state index >= 15 is 0 Å². The van der Waals surface area contributed by atoms with Crippen molar-refractivity contribution in [1.82, 2.24) is 19.5 Å². The number of anilines is 1. The summed E-state index contributed by atoms with van der Waals surface area (Å²) in [6.45, 7) is 0.922. The van der Waals surface area contributed by atoms with E-state index in [-0.39, 0.29) is 10.7 Å². The first kappa shape index (κ1) is 22.4. The third-order valence-corrected chi connectivity index (χ3v) is 7.21. The second kappa shape index (κ2) is 8.54. The molecule has 2 aromatic carbocycles. The van der Waals surface area contributed by atoms with Crippen molar-refractivity contribution in [2.45, 2.75) is 30.0 Å². The molecule has 2 aliphatic heterocycles. The van der Waals surface area contributed by atoms with Gasteiger partial charge in [-0.2, -0.15) is 9.97 Å². The molecule has 0 spiro atoms. The molecule has 2 fully saturated rings. The van der Waals surface area contributed by atoms with Crippen molar-refractivity contribution in [3.8, 4) is 0 Å². The highest BCUT2D eigenvalue weighted by atomic mass is 35.5. The monoisotopic (exact) mass is 493 g/mol. The maximum absolute atomic E-state index is 10.5. The van der Waals surface area contributed by atoms with Gasteiger partial charge >= 0.3 is 0 Å². The van der Waals surface area contributed by atoms with Crippen LogP contribution in [-0.4, -0.2) is 72.8 Å². The standard InChI is InChI=1S/C25H24ClN5O4/c26-24-28-21(18-22(29-24)31(14-27-18)23-20(34)19(33)17(11-32)35-23)30-12-25(13-30,15-7-3-1-4-8-15)16-9-5-2-6-10-16/h1-10,14,17,19-20,23,32-34H,11-13H2/t17-,19-,20-,23-/m1/s1. The largest absolute Gasteiger partial charge is 0.394 e. The lowest BCUT2D eigenvalue weighted by molar-refractivity contribution is -0.0511. The SMILES string of the molecule is OC[C@H]1O[C@@H](n2cnc3c(N4CC(c5ccccc5)(c5ccccc5)C4)nc(Cl)nc32)[C@H](O)[C@@H]1O. The zero-order chi connectivity index (χ0) is 24.2. The number of aliphatic hydroxyl groups excluding tert-OH is 3. The molecule has 9 nitrogen and oxygen atoms in total. The Labute approximate surface area is 206 Å². The third-order valence-electron chi connectivity index (χ3n) is 7.04. The molecular formula is C25H24ClN5O4. The fourth-order valence-corrected chi connectivity index (χ4v) is 5.35. The zero-order valence-electron chi connectivity index (χ0n) is 18.6. The van der Waals surface area contributed by atoms with Crippen LogP contribution < -0.4 is 4.90 Å². The number of aliphatic hydroxyl groups is 3. The highest BCUT2D eigenvalue weighted by molar-refractivity contribution is 6.28. The minimum absolute atomic E-state index is 0.0397. The van der Waals surface area contributed by atoms with Gasteiger partial charge in [-0.3, -0.25) is 4.57 Å². The molecule has 0 saturated carbocycles. The van der Waals surface area contributed by atoms with Crippen LogP contribution in [0.3, 0.4) is 0 Å². The summed E-state index contributed by atoms with van der Waals surface area (Å²) in [7, 11) is 0. The topological polar surface area (TPSA) is 117 Å². The number of benzene rings is 2. The molecule has 180 valence electrons. The summed E-state index contributed by atoms with van der Waals surface area (Å²) >= 11 is 6.33. The van der Waals surface area contributed by atoms with E-state index in [2.05, 4.69) is 44.1 Å². The van der Waals surface area contributed by atoms with E-state index in [0.717, 1.165) is 0 Å². The quantitative estimate of drug-likeness (QED) is 0.361. The van der Waals surface area contributed by atoms with Crippen LogP contribution in [0.25, 0.3) is 11.2 Å². The summed E-state index contributed by atoms with van der Waals surface area (Å²) in [5.74, 6) is 0.591. The number of imidazole rings is 1. The summed E-state index contributed by atoms with van der Waals surface area (Å²) < 4.78 is 7.20. The fourth-order valence-electron chi connectivity index (χ4n) is 5.19. The summed E-state index contributed by atoms with van der Waals surface area (Å²) in [4.78, 5) is 15.5. The Balaban J connectivity index is 1.38. The number of rotatable bonds is 5. The van der Waals surface area contributed by atoms with E-state index in [9.17, 15) is 15.3 Å². The van der Waals surface area contributed by atoms with Crippen LogP contribution in [0.1, 0.15) is 17.4 Å². The Hall–Kier alpha value is -3.08. The smallest absolute Gasteiger partial charge is 0.226 e. The second-order valence-corrected chi connectivity index (χ2v) is 9.38. The van der Waals surface area contributed by atoms with Crippen LogP contribution >= 0.6 is 11.6 Å². The van der Waals surface area contributed by atoms with Gasteiger partial charge in [0.2, 0.25) is 5.28 Å². The highest BCUT2D eigenvalue weighted by Crippen LogP contribution is 2.44. The number of hydrogen-bond donors (Lipinski definition) is 3. The molecule has 2 aliphatic rings. The lowest BCUT2D eigenvalue weighted by atomic mass is 9.68. The first-order valence-corrected chi connectivity index (χ1v) is 11.8. The molecule has 2 saturated heterocycles. The number of ether oxygens (including phenoxy) is 1. The van der Waals surface area contributed by atoms with E-state index in [4.69, 9.17) is 16.3 Å². The van der Waals surface area contributed by atoms with Crippen molar-refractivity contribution in [2.24, 2.45) is 0 Å². The van der Waals surface area contributed by atoms with E-state index in [1.807, 2.05) is 36.4 Å². The Kier molecular flexibility index (Phi) is 5.46. The highest BCUT2D eigenvalue weighted by Gasteiger charge is 2.48. The average molecular weight is 494 g/mol. The number of nitrogens with zero attached hydrogens (tertiary/aromatic N) is 5. The molecular weight excluding hydrogens is 470 g/mol. The molecule has 0 radical (unpaired) electrons. The molecule has 3 N–H and O–H groups in total. The molecule has 35 heavy (non-hydrogen) atoms. The average Bonchev–Trinajstić information content (AvgIpc) is 3.40. The molecule has 6 rings (SSSR count). The number of hydrogen-bond acceptors (Lipinski definition) is 8. The van der Waals surface area contributed by atoms with Crippen LogP contribution in [0, 0.1) is 0 Å². The molecule has 2 aromatic heterocycles. The number of halogens is 1. The molecule has 10 heteroatoms. The minimum atomic E-state index is -1.26. The molecule has 0 aliphatic carbocycles. The number of aromatic nitrogens is 4. The molecule has 4 heterocycles. The first-order valence-electron chi connectivity index (χ1n) is 11.4. The van der Waals surface area contributed by atoms with Gasteiger partial charge in [-0.25, -0.2) is 4.98 Å². The summed E-state index contributed by atoms with van der Waals surface area (Å²) in [6.07, 6.45) is -2.87. The van der Waals surface area contributed by atoms with E-state index in [1.165, 1.54) is 22.0 Å². The predicted octanol–water partition coefficient (Wildman–Crippen LogP) is 1.90. The molecule has 4 atom stereocenters. The minimum Gasteiger partial charge on any atom is -0.394 e. The van der Waals surface area contributed by atoms with Gasteiger partial charge in [0.15, 0.2) is 23.2 Å². The summed E-state index contributed by atoms with van der Waals surface area (Å²) in [5, 5.41) is 30.2. The van der Waals surface area contributed by atoms with Gasteiger partial charge in [0, 0.05) is 13.1 Å². The third kappa shape index (κ3) is 3.50. The lowest BCUT2D eigenvalue weighted by Crippen LogP contribution is -2.60. The van der Waals surface area contributed by atoms with Crippen molar-refractivity contribution in [1.29, 1.82) is 0 Å². The van der Waals surface area contributed by atoms with Gasteiger partial charge in [0.25, 0.3) is 0 Å².